The topological polar surface area (TPSA) is 84.2 Å². The van der Waals surface area contributed by atoms with Crippen molar-refractivity contribution in [1.82, 2.24) is 15.1 Å². The fraction of sp³-hybridized carbons (Fsp3) is 0.421. The van der Waals surface area contributed by atoms with Crippen LogP contribution in [0.3, 0.4) is 0 Å². The third kappa shape index (κ3) is 5.17. The standard InChI is InChI=1S/C19H25N3O3/c1-14-18(15(2)22(21-14)16-10-6-5-7-11-16)19(25)20-13-9-4-3-8-12-17(23)24/h5-7,10-11H,3-4,8-9,12-13H2,1-2H3,(H,20,25)(H,23,24). The monoisotopic (exact) mass is 343 g/mol. The molecule has 0 aliphatic rings. The van der Waals surface area contributed by atoms with Gasteiger partial charge in [0, 0.05) is 13.0 Å². The maximum absolute atomic E-state index is 12.5. The first-order chi connectivity index (χ1) is 12.0. The molecule has 0 bridgehead atoms. The Kier molecular flexibility index (Phi) is 6.74. The lowest BCUT2D eigenvalue weighted by Crippen LogP contribution is -2.25. The summed E-state index contributed by atoms with van der Waals surface area (Å²) in [6.07, 6.45) is 3.52. The van der Waals surface area contributed by atoms with Crippen LogP contribution in [0.2, 0.25) is 0 Å². The van der Waals surface area contributed by atoms with Crippen LogP contribution in [0.15, 0.2) is 30.3 Å². The number of hydrogen-bond donors (Lipinski definition) is 2. The minimum Gasteiger partial charge on any atom is -0.481 e. The van der Waals surface area contributed by atoms with Crippen LogP contribution < -0.4 is 5.32 Å². The van der Waals surface area contributed by atoms with Crippen molar-refractivity contribution in [2.24, 2.45) is 0 Å². The quantitative estimate of drug-likeness (QED) is 0.685. The zero-order valence-corrected chi connectivity index (χ0v) is 14.8. The Hall–Kier alpha value is -2.63. The molecule has 134 valence electrons. The van der Waals surface area contributed by atoms with E-state index in [-0.39, 0.29) is 12.3 Å². The molecule has 0 fully saturated rings. The molecule has 1 aromatic carbocycles. The normalized spacial score (nSPS) is 10.6. The molecule has 1 amide bonds. The summed E-state index contributed by atoms with van der Waals surface area (Å²) in [5, 5.41) is 16.0. The van der Waals surface area contributed by atoms with Crippen LogP contribution in [0.25, 0.3) is 5.69 Å². The first kappa shape index (κ1) is 18.7. The Labute approximate surface area is 147 Å². The maximum atomic E-state index is 12.5. The summed E-state index contributed by atoms with van der Waals surface area (Å²) < 4.78 is 1.79. The molecule has 2 rings (SSSR count). The number of carboxylic acid groups (broad SMARTS) is 1. The number of benzene rings is 1. The number of hydrogen-bond acceptors (Lipinski definition) is 3. The van der Waals surface area contributed by atoms with Gasteiger partial charge in [0.1, 0.15) is 0 Å². The number of nitrogens with zero attached hydrogens (tertiary/aromatic N) is 2. The van der Waals surface area contributed by atoms with Crippen LogP contribution in [0.4, 0.5) is 0 Å². The maximum Gasteiger partial charge on any atom is 0.303 e. The number of nitrogens with one attached hydrogen (secondary N) is 1. The van der Waals surface area contributed by atoms with E-state index in [9.17, 15) is 9.59 Å². The third-order valence-corrected chi connectivity index (χ3v) is 4.12. The number of carboxylic acids is 1. The molecule has 1 aromatic heterocycles. The van der Waals surface area contributed by atoms with Gasteiger partial charge in [-0.25, -0.2) is 4.68 Å². The zero-order valence-electron chi connectivity index (χ0n) is 14.8. The summed E-state index contributed by atoms with van der Waals surface area (Å²) in [7, 11) is 0. The predicted octanol–water partition coefficient (Wildman–Crippen LogP) is 3.25. The molecule has 25 heavy (non-hydrogen) atoms. The number of amides is 1. The van der Waals surface area contributed by atoms with Crippen molar-refractivity contribution in [2.75, 3.05) is 6.54 Å². The van der Waals surface area contributed by atoms with Gasteiger partial charge in [-0.3, -0.25) is 9.59 Å². The molecular weight excluding hydrogens is 318 g/mol. The molecule has 2 aromatic rings. The lowest BCUT2D eigenvalue weighted by atomic mass is 10.1. The fourth-order valence-corrected chi connectivity index (χ4v) is 2.84. The molecule has 0 aliphatic heterocycles. The Morgan fingerprint density at radius 2 is 1.76 bits per heavy atom. The summed E-state index contributed by atoms with van der Waals surface area (Å²) in [6, 6.07) is 9.74. The molecule has 0 aliphatic carbocycles. The first-order valence-electron chi connectivity index (χ1n) is 8.62. The summed E-state index contributed by atoms with van der Waals surface area (Å²) >= 11 is 0. The Morgan fingerprint density at radius 1 is 1.08 bits per heavy atom. The second-order valence-electron chi connectivity index (χ2n) is 6.11. The number of aliphatic carboxylic acids is 1. The highest BCUT2D eigenvalue weighted by Crippen LogP contribution is 2.17. The number of aryl methyl sites for hydroxylation is 1. The largest absolute Gasteiger partial charge is 0.481 e. The molecule has 0 saturated carbocycles. The van der Waals surface area contributed by atoms with E-state index in [2.05, 4.69) is 10.4 Å². The number of carbonyl (C=O) groups is 2. The zero-order chi connectivity index (χ0) is 18.2. The van der Waals surface area contributed by atoms with Crippen molar-refractivity contribution < 1.29 is 14.7 Å². The van der Waals surface area contributed by atoms with Crippen LogP contribution in [0.1, 0.15) is 53.8 Å². The number of para-hydroxylation sites is 1. The van der Waals surface area contributed by atoms with Gasteiger partial charge in [0.15, 0.2) is 0 Å². The van der Waals surface area contributed by atoms with Crippen LogP contribution in [0, 0.1) is 13.8 Å². The van der Waals surface area contributed by atoms with Crippen LogP contribution in [-0.2, 0) is 4.79 Å². The molecular formula is C19H25N3O3. The molecule has 6 heteroatoms. The van der Waals surface area contributed by atoms with Crippen molar-refractivity contribution >= 4 is 11.9 Å². The van der Waals surface area contributed by atoms with Crippen LogP contribution in [0.5, 0.6) is 0 Å². The second-order valence-corrected chi connectivity index (χ2v) is 6.11. The van der Waals surface area contributed by atoms with Gasteiger partial charge >= 0.3 is 5.97 Å². The molecule has 0 radical (unpaired) electrons. The molecule has 1 heterocycles. The van der Waals surface area contributed by atoms with E-state index in [0.29, 0.717) is 24.2 Å². The number of carbonyl (C=O) groups excluding carboxylic acids is 1. The van der Waals surface area contributed by atoms with E-state index in [1.54, 1.807) is 4.68 Å². The van der Waals surface area contributed by atoms with E-state index < -0.39 is 5.97 Å². The van der Waals surface area contributed by atoms with Gasteiger partial charge in [0.05, 0.1) is 22.6 Å². The van der Waals surface area contributed by atoms with Crippen molar-refractivity contribution in [3.05, 3.63) is 47.3 Å². The van der Waals surface area contributed by atoms with Gasteiger partial charge in [-0.15, -0.1) is 0 Å². The van der Waals surface area contributed by atoms with E-state index >= 15 is 0 Å². The fourth-order valence-electron chi connectivity index (χ4n) is 2.84. The smallest absolute Gasteiger partial charge is 0.303 e. The van der Waals surface area contributed by atoms with E-state index in [4.69, 9.17) is 5.11 Å². The summed E-state index contributed by atoms with van der Waals surface area (Å²) in [5.74, 6) is -0.864. The number of unbranched alkanes of at least 4 members (excludes halogenated alkanes) is 3. The molecule has 6 nitrogen and oxygen atoms in total. The van der Waals surface area contributed by atoms with Gasteiger partial charge in [0.2, 0.25) is 0 Å². The molecule has 2 N–H and O–H groups in total. The Bertz CT molecular complexity index is 723. The van der Waals surface area contributed by atoms with Gasteiger partial charge < -0.3 is 10.4 Å². The average molecular weight is 343 g/mol. The molecule has 0 unspecified atom stereocenters. The van der Waals surface area contributed by atoms with Crippen molar-refractivity contribution in [2.45, 2.75) is 46.0 Å². The van der Waals surface area contributed by atoms with Gasteiger partial charge in [-0.2, -0.15) is 5.10 Å². The highest BCUT2D eigenvalue weighted by Gasteiger charge is 2.18. The average Bonchev–Trinajstić information content (AvgIpc) is 2.89. The number of aromatic nitrogens is 2. The minimum absolute atomic E-state index is 0.109. The lowest BCUT2D eigenvalue weighted by molar-refractivity contribution is -0.137. The summed E-state index contributed by atoms with van der Waals surface area (Å²) in [6.45, 7) is 4.32. The molecule has 0 atom stereocenters. The van der Waals surface area contributed by atoms with E-state index in [1.165, 1.54) is 0 Å². The van der Waals surface area contributed by atoms with Gasteiger partial charge in [-0.05, 0) is 38.8 Å². The van der Waals surface area contributed by atoms with E-state index in [1.807, 2.05) is 44.2 Å². The Balaban J connectivity index is 1.88. The van der Waals surface area contributed by atoms with E-state index in [0.717, 1.165) is 30.6 Å². The van der Waals surface area contributed by atoms with Crippen LogP contribution in [-0.4, -0.2) is 33.3 Å². The highest BCUT2D eigenvalue weighted by molar-refractivity contribution is 5.96. The SMILES string of the molecule is Cc1nn(-c2ccccc2)c(C)c1C(=O)NCCCCCCC(=O)O. The third-order valence-electron chi connectivity index (χ3n) is 4.12. The van der Waals surface area contributed by atoms with Crippen molar-refractivity contribution in [3.8, 4) is 5.69 Å². The summed E-state index contributed by atoms with van der Waals surface area (Å²) in [4.78, 5) is 22.9. The van der Waals surface area contributed by atoms with Crippen molar-refractivity contribution in [3.63, 3.8) is 0 Å². The van der Waals surface area contributed by atoms with Crippen molar-refractivity contribution in [1.29, 1.82) is 0 Å². The number of rotatable bonds is 9. The van der Waals surface area contributed by atoms with Crippen LogP contribution >= 0.6 is 0 Å². The van der Waals surface area contributed by atoms with Gasteiger partial charge in [-0.1, -0.05) is 31.0 Å². The minimum atomic E-state index is -0.755. The molecule has 0 saturated heterocycles. The first-order valence-corrected chi connectivity index (χ1v) is 8.62. The molecule has 0 spiro atoms. The summed E-state index contributed by atoms with van der Waals surface area (Å²) in [5.41, 5.74) is 3.08. The Morgan fingerprint density at radius 3 is 2.44 bits per heavy atom. The highest BCUT2D eigenvalue weighted by atomic mass is 16.4. The second kappa shape index (κ2) is 9.01. The lowest BCUT2D eigenvalue weighted by Gasteiger charge is -2.07. The predicted molar refractivity (Wildman–Crippen MR) is 96.1 cm³/mol. The van der Waals surface area contributed by atoms with Gasteiger partial charge in [0.25, 0.3) is 5.91 Å².